The van der Waals surface area contributed by atoms with Gasteiger partial charge in [-0.3, -0.25) is 4.99 Å². The highest BCUT2D eigenvalue weighted by Crippen LogP contribution is 2.29. The summed E-state index contributed by atoms with van der Waals surface area (Å²) in [6.07, 6.45) is 6.34. The van der Waals surface area contributed by atoms with Crippen LogP contribution in [0.5, 0.6) is 0 Å². The molecule has 0 aromatic heterocycles. The third kappa shape index (κ3) is 6.01. The molecular formula is C22H36N4. The van der Waals surface area contributed by atoms with Gasteiger partial charge < -0.3 is 15.5 Å². The van der Waals surface area contributed by atoms with Crippen LogP contribution in [-0.2, 0) is 6.42 Å². The molecule has 26 heavy (non-hydrogen) atoms. The molecule has 0 radical (unpaired) electrons. The average Bonchev–Trinajstić information content (AvgIpc) is 3.46. The van der Waals surface area contributed by atoms with Gasteiger partial charge in [0.2, 0.25) is 0 Å². The number of aliphatic imine (C=N–C) groups is 1. The molecule has 3 rings (SSSR count). The molecule has 1 heterocycles. The van der Waals surface area contributed by atoms with E-state index in [1.807, 2.05) is 0 Å². The third-order valence-corrected chi connectivity index (χ3v) is 5.47. The summed E-state index contributed by atoms with van der Waals surface area (Å²) >= 11 is 0. The van der Waals surface area contributed by atoms with Crippen LogP contribution in [0.25, 0.3) is 0 Å². The van der Waals surface area contributed by atoms with E-state index in [9.17, 15) is 0 Å². The van der Waals surface area contributed by atoms with E-state index < -0.39 is 0 Å². The Labute approximate surface area is 159 Å². The second-order valence-electron chi connectivity index (χ2n) is 8.71. The Bertz CT molecular complexity index is 569. The monoisotopic (exact) mass is 356 g/mol. The predicted molar refractivity (Wildman–Crippen MR) is 111 cm³/mol. The lowest BCUT2D eigenvalue weighted by Gasteiger charge is -2.33. The van der Waals surface area contributed by atoms with Crippen LogP contribution in [-0.4, -0.2) is 49.1 Å². The molecular weight excluding hydrogens is 320 g/mol. The van der Waals surface area contributed by atoms with Crippen molar-refractivity contribution in [1.29, 1.82) is 0 Å². The molecule has 1 saturated heterocycles. The molecule has 1 aliphatic carbocycles. The summed E-state index contributed by atoms with van der Waals surface area (Å²) in [7, 11) is 0. The van der Waals surface area contributed by atoms with Gasteiger partial charge in [0.15, 0.2) is 5.96 Å². The first-order chi connectivity index (χ1) is 12.6. The van der Waals surface area contributed by atoms with E-state index in [2.05, 4.69) is 66.6 Å². The number of guanidine groups is 1. The van der Waals surface area contributed by atoms with E-state index in [-0.39, 0.29) is 5.41 Å². The molecule has 144 valence electrons. The summed E-state index contributed by atoms with van der Waals surface area (Å²) in [5.74, 6) is 0.985. The summed E-state index contributed by atoms with van der Waals surface area (Å²) in [5.41, 5.74) is 1.54. The highest BCUT2D eigenvalue weighted by atomic mass is 15.2. The third-order valence-electron chi connectivity index (χ3n) is 5.47. The fourth-order valence-corrected chi connectivity index (χ4v) is 3.86. The maximum atomic E-state index is 4.92. The lowest BCUT2D eigenvalue weighted by atomic mass is 9.86. The fraction of sp³-hybridized carbons (Fsp3) is 0.682. The Morgan fingerprint density at radius 1 is 1.12 bits per heavy atom. The lowest BCUT2D eigenvalue weighted by Crippen LogP contribution is -2.49. The van der Waals surface area contributed by atoms with Gasteiger partial charge >= 0.3 is 0 Å². The molecule has 2 fully saturated rings. The SMILES string of the molecule is CCNC(=NCC(C)(C)Cc1ccccc1)NC1CCN(C2CC2)CC1. The summed E-state index contributed by atoms with van der Waals surface area (Å²) in [6, 6.07) is 12.2. The van der Waals surface area contributed by atoms with Crippen LogP contribution in [0.1, 0.15) is 52.0 Å². The minimum Gasteiger partial charge on any atom is -0.357 e. The van der Waals surface area contributed by atoms with Crippen molar-refractivity contribution < 1.29 is 0 Å². The van der Waals surface area contributed by atoms with Gasteiger partial charge in [0.1, 0.15) is 0 Å². The van der Waals surface area contributed by atoms with Crippen LogP contribution in [0.3, 0.4) is 0 Å². The lowest BCUT2D eigenvalue weighted by molar-refractivity contribution is 0.197. The van der Waals surface area contributed by atoms with Crippen LogP contribution in [0.4, 0.5) is 0 Å². The highest BCUT2D eigenvalue weighted by Gasteiger charge is 2.32. The summed E-state index contributed by atoms with van der Waals surface area (Å²) in [4.78, 5) is 7.59. The fourth-order valence-electron chi connectivity index (χ4n) is 3.86. The van der Waals surface area contributed by atoms with Crippen molar-refractivity contribution in [1.82, 2.24) is 15.5 Å². The molecule has 0 amide bonds. The first kappa shape index (κ1) is 19.2. The van der Waals surface area contributed by atoms with Crippen molar-refractivity contribution in [2.75, 3.05) is 26.2 Å². The van der Waals surface area contributed by atoms with Crippen molar-refractivity contribution in [3.8, 4) is 0 Å². The first-order valence-corrected chi connectivity index (χ1v) is 10.4. The Hall–Kier alpha value is -1.55. The van der Waals surface area contributed by atoms with Crippen LogP contribution < -0.4 is 10.6 Å². The van der Waals surface area contributed by atoms with Crippen LogP contribution >= 0.6 is 0 Å². The van der Waals surface area contributed by atoms with Crippen molar-refractivity contribution in [3.05, 3.63) is 35.9 Å². The van der Waals surface area contributed by atoms with E-state index in [1.54, 1.807) is 0 Å². The summed E-state index contributed by atoms with van der Waals surface area (Å²) < 4.78 is 0. The second-order valence-corrected chi connectivity index (χ2v) is 8.71. The van der Waals surface area contributed by atoms with Crippen LogP contribution in [0.2, 0.25) is 0 Å². The second kappa shape index (κ2) is 8.90. The number of nitrogens with one attached hydrogen (secondary N) is 2. The molecule has 0 bridgehead atoms. The van der Waals surface area contributed by atoms with Crippen molar-refractivity contribution in [3.63, 3.8) is 0 Å². The van der Waals surface area contributed by atoms with Gasteiger partial charge in [0, 0.05) is 38.3 Å². The first-order valence-electron chi connectivity index (χ1n) is 10.4. The Morgan fingerprint density at radius 3 is 2.42 bits per heavy atom. The summed E-state index contributed by atoms with van der Waals surface area (Å²) in [6.45, 7) is 11.0. The molecule has 1 aliphatic heterocycles. The number of benzene rings is 1. The van der Waals surface area contributed by atoms with Gasteiger partial charge in [-0.15, -0.1) is 0 Å². The Balaban J connectivity index is 1.51. The highest BCUT2D eigenvalue weighted by molar-refractivity contribution is 5.80. The normalized spacial score (nSPS) is 20.2. The van der Waals surface area contributed by atoms with Crippen LogP contribution in [0, 0.1) is 5.41 Å². The van der Waals surface area contributed by atoms with Gasteiger partial charge in [-0.1, -0.05) is 44.2 Å². The average molecular weight is 357 g/mol. The topological polar surface area (TPSA) is 39.7 Å². The zero-order chi connectivity index (χ0) is 18.4. The Kier molecular flexibility index (Phi) is 6.58. The van der Waals surface area contributed by atoms with E-state index in [0.717, 1.165) is 31.5 Å². The number of rotatable bonds is 7. The predicted octanol–water partition coefficient (Wildman–Crippen LogP) is 3.44. The van der Waals surface area contributed by atoms with E-state index in [4.69, 9.17) is 4.99 Å². The van der Waals surface area contributed by atoms with Crippen molar-refractivity contribution in [2.24, 2.45) is 10.4 Å². The van der Waals surface area contributed by atoms with Crippen molar-refractivity contribution in [2.45, 2.75) is 65.0 Å². The minimum atomic E-state index is 0.152. The molecule has 0 unspecified atom stereocenters. The molecule has 4 nitrogen and oxygen atoms in total. The molecule has 4 heteroatoms. The molecule has 0 atom stereocenters. The smallest absolute Gasteiger partial charge is 0.191 e. The van der Waals surface area contributed by atoms with Crippen LogP contribution in [0.15, 0.2) is 35.3 Å². The largest absolute Gasteiger partial charge is 0.357 e. The molecule has 2 aliphatic rings. The zero-order valence-electron chi connectivity index (χ0n) is 16.8. The maximum Gasteiger partial charge on any atom is 0.191 e. The van der Waals surface area contributed by atoms with Gasteiger partial charge in [0.25, 0.3) is 0 Å². The quantitative estimate of drug-likeness (QED) is 0.581. The Morgan fingerprint density at radius 2 is 1.81 bits per heavy atom. The number of hydrogen-bond donors (Lipinski definition) is 2. The summed E-state index contributed by atoms with van der Waals surface area (Å²) in [5, 5.41) is 7.12. The van der Waals surface area contributed by atoms with Gasteiger partial charge in [-0.2, -0.15) is 0 Å². The van der Waals surface area contributed by atoms with Gasteiger partial charge in [0.05, 0.1) is 0 Å². The van der Waals surface area contributed by atoms with E-state index >= 15 is 0 Å². The van der Waals surface area contributed by atoms with Gasteiger partial charge in [-0.05, 0) is 50.0 Å². The molecule has 1 aromatic carbocycles. The molecule has 1 aromatic rings. The number of likely N-dealkylation sites (tertiary alicyclic amines) is 1. The number of piperidine rings is 1. The molecule has 1 saturated carbocycles. The van der Waals surface area contributed by atoms with E-state index in [1.165, 1.54) is 44.3 Å². The maximum absolute atomic E-state index is 4.92. The van der Waals surface area contributed by atoms with Gasteiger partial charge in [-0.25, -0.2) is 0 Å². The molecule has 2 N–H and O–H groups in total. The number of nitrogens with zero attached hydrogens (tertiary/aromatic N) is 2. The molecule has 0 spiro atoms. The number of hydrogen-bond acceptors (Lipinski definition) is 2. The zero-order valence-corrected chi connectivity index (χ0v) is 16.8. The minimum absolute atomic E-state index is 0.152. The standard InChI is InChI=1S/C22H36N4/c1-4-23-21(25-19-12-14-26(15-13-19)20-10-11-20)24-17-22(2,3)16-18-8-6-5-7-9-18/h5-9,19-20H,4,10-17H2,1-3H3,(H2,23,24,25). The van der Waals surface area contributed by atoms with E-state index in [0.29, 0.717) is 6.04 Å². The van der Waals surface area contributed by atoms with Crippen molar-refractivity contribution >= 4 is 5.96 Å².